The number of esters is 1. The third kappa shape index (κ3) is 5.24. The summed E-state index contributed by atoms with van der Waals surface area (Å²) in [5, 5.41) is 12.8. The highest BCUT2D eigenvalue weighted by molar-refractivity contribution is 5.72. The molecule has 2 N–H and O–H groups in total. The summed E-state index contributed by atoms with van der Waals surface area (Å²) in [4.78, 5) is 14.0. The van der Waals surface area contributed by atoms with Gasteiger partial charge in [0.25, 0.3) is 0 Å². The standard InChI is InChI=1S/C16H30N2O3/c1-21-16(20)14-9-15(12-18(11-14)7-8-19)17-10-13-5-3-2-4-6-13/h13-15,17,19H,2-12H2,1H3. The van der Waals surface area contributed by atoms with Gasteiger partial charge in [-0.15, -0.1) is 0 Å². The van der Waals surface area contributed by atoms with Gasteiger partial charge in [-0.3, -0.25) is 9.69 Å². The second kappa shape index (κ2) is 8.71. The summed E-state index contributed by atoms with van der Waals surface area (Å²) in [6, 6.07) is 0.330. The molecule has 122 valence electrons. The van der Waals surface area contributed by atoms with Gasteiger partial charge >= 0.3 is 5.97 Å². The molecule has 0 spiro atoms. The predicted molar refractivity (Wildman–Crippen MR) is 82.0 cm³/mol. The number of hydrogen-bond acceptors (Lipinski definition) is 5. The van der Waals surface area contributed by atoms with Crippen molar-refractivity contribution in [2.45, 2.75) is 44.6 Å². The van der Waals surface area contributed by atoms with Crippen molar-refractivity contribution in [2.24, 2.45) is 11.8 Å². The van der Waals surface area contributed by atoms with Crippen LogP contribution in [0, 0.1) is 11.8 Å². The van der Waals surface area contributed by atoms with Crippen molar-refractivity contribution in [1.29, 1.82) is 0 Å². The molecule has 1 saturated heterocycles. The minimum Gasteiger partial charge on any atom is -0.469 e. The Morgan fingerprint density at radius 2 is 2.05 bits per heavy atom. The van der Waals surface area contributed by atoms with Gasteiger partial charge in [-0.2, -0.15) is 0 Å². The molecule has 1 saturated carbocycles. The van der Waals surface area contributed by atoms with E-state index in [0.717, 1.165) is 25.4 Å². The number of likely N-dealkylation sites (tertiary alicyclic amines) is 1. The maximum Gasteiger partial charge on any atom is 0.310 e. The number of nitrogens with zero attached hydrogens (tertiary/aromatic N) is 1. The third-order valence-corrected chi connectivity index (χ3v) is 4.90. The molecule has 21 heavy (non-hydrogen) atoms. The minimum absolute atomic E-state index is 0.0702. The lowest BCUT2D eigenvalue weighted by atomic mass is 9.88. The van der Waals surface area contributed by atoms with Crippen LogP contribution in [0.3, 0.4) is 0 Å². The molecule has 1 aliphatic heterocycles. The fourth-order valence-electron chi connectivity index (χ4n) is 3.72. The Hall–Kier alpha value is -0.650. The fourth-order valence-corrected chi connectivity index (χ4v) is 3.72. The van der Waals surface area contributed by atoms with Crippen molar-refractivity contribution in [3.05, 3.63) is 0 Å². The molecule has 5 heteroatoms. The summed E-state index contributed by atoms with van der Waals surface area (Å²) in [6.07, 6.45) is 7.62. The molecule has 0 radical (unpaired) electrons. The van der Waals surface area contributed by atoms with Gasteiger partial charge in [0.05, 0.1) is 19.6 Å². The number of aliphatic hydroxyl groups is 1. The first-order chi connectivity index (χ1) is 10.2. The van der Waals surface area contributed by atoms with Crippen molar-refractivity contribution in [2.75, 3.05) is 39.9 Å². The molecule has 1 aliphatic carbocycles. The number of piperidine rings is 1. The zero-order chi connectivity index (χ0) is 15.1. The van der Waals surface area contributed by atoms with Crippen LogP contribution in [0.2, 0.25) is 0 Å². The first-order valence-electron chi connectivity index (χ1n) is 8.37. The zero-order valence-electron chi connectivity index (χ0n) is 13.2. The van der Waals surface area contributed by atoms with Gasteiger partial charge < -0.3 is 15.2 Å². The van der Waals surface area contributed by atoms with E-state index in [4.69, 9.17) is 9.84 Å². The van der Waals surface area contributed by atoms with Crippen molar-refractivity contribution in [3.63, 3.8) is 0 Å². The maximum atomic E-state index is 11.8. The Kier molecular flexibility index (Phi) is 6.93. The number of aliphatic hydroxyl groups excluding tert-OH is 1. The predicted octanol–water partition coefficient (Wildman–Crippen LogP) is 1.01. The molecule has 2 rings (SSSR count). The van der Waals surface area contributed by atoms with E-state index in [2.05, 4.69) is 10.2 Å². The zero-order valence-corrected chi connectivity index (χ0v) is 13.2. The Morgan fingerprint density at radius 1 is 1.29 bits per heavy atom. The normalized spacial score (nSPS) is 28.5. The molecule has 2 fully saturated rings. The van der Waals surface area contributed by atoms with E-state index >= 15 is 0 Å². The Morgan fingerprint density at radius 3 is 2.71 bits per heavy atom. The van der Waals surface area contributed by atoms with Crippen molar-refractivity contribution >= 4 is 5.97 Å². The lowest BCUT2D eigenvalue weighted by Crippen LogP contribution is -2.52. The molecule has 2 aliphatic rings. The van der Waals surface area contributed by atoms with E-state index in [-0.39, 0.29) is 18.5 Å². The highest BCUT2D eigenvalue weighted by Crippen LogP contribution is 2.24. The number of hydrogen-bond donors (Lipinski definition) is 2. The molecule has 1 heterocycles. The highest BCUT2D eigenvalue weighted by atomic mass is 16.5. The summed E-state index contributed by atoms with van der Waals surface area (Å²) in [6.45, 7) is 3.46. The Labute approximate surface area is 128 Å². The van der Waals surface area contributed by atoms with Crippen LogP contribution in [0.4, 0.5) is 0 Å². The SMILES string of the molecule is COC(=O)C1CC(NCC2CCCCC2)CN(CCO)C1. The molecule has 2 unspecified atom stereocenters. The number of rotatable bonds is 6. The Balaban J connectivity index is 1.82. The van der Waals surface area contributed by atoms with Gasteiger partial charge in [0.1, 0.15) is 0 Å². The Bertz CT molecular complexity index is 319. The number of nitrogens with one attached hydrogen (secondary N) is 1. The quantitative estimate of drug-likeness (QED) is 0.717. The van der Waals surface area contributed by atoms with Gasteiger partial charge in [0.15, 0.2) is 0 Å². The summed E-state index contributed by atoms with van der Waals surface area (Å²) in [5.74, 6) is 0.602. The van der Waals surface area contributed by atoms with Crippen LogP contribution >= 0.6 is 0 Å². The average Bonchev–Trinajstić information content (AvgIpc) is 2.53. The van der Waals surface area contributed by atoms with Gasteiger partial charge in [-0.25, -0.2) is 0 Å². The first kappa shape index (κ1) is 16.7. The van der Waals surface area contributed by atoms with E-state index in [1.165, 1.54) is 39.2 Å². The molecular weight excluding hydrogens is 268 g/mol. The molecule has 0 bridgehead atoms. The smallest absolute Gasteiger partial charge is 0.310 e. The number of ether oxygens (including phenoxy) is 1. The largest absolute Gasteiger partial charge is 0.469 e. The van der Waals surface area contributed by atoms with E-state index in [9.17, 15) is 4.79 Å². The molecule has 5 nitrogen and oxygen atoms in total. The lowest BCUT2D eigenvalue weighted by molar-refractivity contribution is -0.147. The molecule has 0 aromatic rings. The summed E-state index contributed by atoms with van der Waals surface area (Å²) < 4.78 is 4.90. The molecule has 0 aromatic carbocycles. The molecule has 0 amide bonds. The van der Waals surface area contributed by atoms with Crippen molar-refractivity contribution in [1.82, 2.24) is 10.2 Å². The van der Waals surface area contributed by atoms with Crippen molar-refractivity contribution in [3.8, 4) is 0 Å². The summed E-state index contributed by atoms with van der Waals surface area (Å²) in [5.41, 5.74) is 0. The van der Waals surface area contributed by atoms with E-state index in [0.29, 0.717) is 19.1 Å². The monoisotopic (exact) mass is 298 g/mol. The van der Waals surface area contributed by atoms with E-state index < -0.39 is 0 Å². The lowest BCUT2D eigenvalue weighted by Gasteiger charge is -2.37. The van der Waals surface area contributed by atoms with Crippen LogP contribution in [0.25, 0.3) is 0 Å². The van der Waals surface area contributed by atoms with Crippen LogP contribution in [0.5, 0.6) is 0 Å². The van der Waals surface area contributed by atoms with Gasteiger partial charge in [0, 0.05) is 25.7 Å². The van der Waals surface area contributed by atoms with Crippen LogP contribution in [-0.4, -0.2) is 61.9 Å². The van der Waals surface area contributed by atoms with Gasteiger partial charge in [0.2, 0.25) is 0 Å². The molecule has 2 atom stereocenters. The van der Waals surface area contributed by atoms with Crippen LogP contribution < -0.4 is 5.32 Å². The topological polar surface area (TPSA) is 61.8 Å². The second-order valence-corrected chi connectivity index (χ2v) is 6.55. The van der Waals surface area contributed by atoms with Gasteiger partial charge in [-0.05, 0) is 31.7 Å². The number of methoxy groups -OCH3 is 1. The summed E-state index contributed by atoms with van der Waals surface area (Å²) in [7, 11) is 1.46. The van der Waals surface area contributed by atoms with Crippen LogP contribution in [0.1, 0.15) is 38.5 Å². The number of carbonyl (C=O) groups is 1. The van der Waals surface area contributed by atoms with Crippen molar-refractivity contribution < 1.29 is 14.6 Å². The number of carbonyl (C=O) groups excluding carboxylic acids is 1. The highest BCUT2D eigenvalue weighted by Gasteiger charge is 2.32. The van der Waals surface area contributed by atoms with E-state index in [1.807, 2.05) is 0 Å². The minimum atomic E-state index is -0.123. The molecule has 0 aromatic heterocycles. The van der Waals surface area contributed by atoms with E-state index in [1.54, 1.807) is 0 Å². The van der Waals surface area contributed by atoms with Gasteiger partial charge in [-0.1, -0.05) is 19.3 Å². The first-order valence-corrected chi connectivity index (χ1v) is 8.37. The average molecular weight is 298 g/mol. The fraction of sp³-hybridized carbons (Fsp3) is 0.938. The van der Waals surface area contributed by atoms with Crippen LogP contribution in [-0.2, 0) is 9.53 Å². The summed E-state index contributed by atoms with van der Waals surface area (Å²) >= 11 is 0. The second-order valence-electron chi connectivity index (χ2n) is 6.55. The number of β-amino-alcohol motifs (C(OH)–C–C–N with tert-alkyl or cyclic N) is 1. The third-order valence-electron chi connectivity index (χ3n) is 4.90. The van der Waals surface area contributed by atoms with Crippen LogP contribution in [0.15, 0.2) is 0 Å². The maximum absolute atomic E-state index is 11.8. The molecular formula is C16H30N2O3.